The van der Waals surface area contributed by atoms with Gasteiger partial charge in [-0.2, -0.15) is 5.10 Å². The van der Waals surface area contributed by atoms with Crippen molar-refractivity contribution in [1.29, 1.82) is 0 Å². The highest BCUT2D eigenvalue weighted by molar-refractivity contribution is 5.95. The zero-order chi connectivity index (χ0) is 22.1. The molecule has 0 saturated carbocycles. The first-order valence-electron chi connectivity index (χ1n) is 10.5. The molecule has 0 heterocycles. The molecule has 1 unspecified atom stereocenters. The summed E-state index contributed by atoms with van der Waals surface area (Å²) in [5.74, 6) is 1.52. The second-order valence-electron chi connectivity index (χ2n) is 7.37. The third kappa shape index (κ3) is 5.96. The number of benzene rings is 2. The van der Waals surface area contributed by atoms with E-state index in [1.807, 2.05) is 31.8 Å². The maximum absolute atomic E-state index is 9.56. The summed E-state index contributed by atoms with van der Waals surface area (Å²) in [6.45, 7) is 14.2. The molecule has 2 aromatic rings. The lowest BCUT2D eigenvalue weighted by molar-refractivity contribution is 0.200. The van der Waals surface area contributed by atoms with Crippen molar-refractivity contribution in [2.45, 2.75) is 53.5 Å². The summed E-state index contributed by atoms with van der Waals surface area (Å²) in [6.07, 6.45) is 5.75. The molecule has 0 bridgehead atoms. The van der Waals surface area contributed by atoms with E-state index in [0.717, 1.165) is 35.6 Å². The molecule has 5 heteroatoms. The van der Waals surface area contributed by atoms with E-state index in [4.69, 9.17) is 0 Å². The number of nitrogens with zero attached hydrogens (tertiary/aromatic N) is 3. The molecule has 0 saturated heterocycles. The van der Waals surface area contributed by atoms with Crippen molar-refractivity contribution in [3.05, 3.63) is 66.4 Å². The molecule has 0 aliphatic heterocycles. The summed E-state index contributed by atoms with van der Waals surface area (Å²) in [4.78, 5) is 4.63. The number of rotatable bonds is 9. The number of aryl methyl sites for hydroxylation is 1. The van der Waals surface area contributed by atoms with Gasteiger partial charge in [-0.3, -0.25) is 5.01 Å². The molecule has 0 aliphatic carbocycles. The molecular formula is C25H34N4O. The number of hydrogen-bond acceptors (Lipinski definition) is 4. The Balaban J connectivity index is 2.24. The third-order valence-electron chi connectivity index (χ3n) is 5.26. The molecule has 160 valence electrons. The van der Waals surface area contributed by atoms with Gasteiger partial charge in [0.05, 0.1) is 11.7 Å². The summed E-state index contributed by atoms with van der Waals surface area (Å²) in [7, 11) is 0. The molecule has 1 atom stereocenters. The Bertz CT molecular complexity index is 883. The van der Waals surface area contributed by atoms with Crippen LogP contribution in [0.5, 0.6) is 5.75 Å². The zero-order valence-corrected chi connectivity index (χ0v) is 18.8. The Kier molecular flexibility index (Phi) is 8.66. The van der Waals surface area contributed by atoms with Crippen LogP contribution in [-0.4, -0.2) is 22.2 Å². The standard InChI is InChI=1S/C25H34N4O/c1-7-20(8-2)25(29(10-4)26-9-3)21-11-13-22(14-12-21)27-19(6)28-24-16-15-23(30)17-18(24)5/h9-17,20,25,30H,4,7-8H2,1-3,5-6H3,(H,27,28)/b26-9-. The second-order valence-corrected chi connectivity index (χ2v) is 7.37. The summed E-state index contributed by atoms with van der Waals surface area (Å²) < 4.78 is 0. The average Bonchev–Trinajstić information content (AvgIpc) is 2.73. The largest absolute Gasteiger partial charge is 0.508 e. The number of hydrazone groups is 1. The number of aliphatic imine (C=N–C) groups is 1. The van der Waals surface area contributed by atoms with Gasteiger partial charge in [-0.1, -0.05) is 45.4 Å². The lowest BCUT2D eigenvalue weighted by atomic mass is 9.88. The topological polar surface area (TPSA) is 60.2 Å². The minimum absolute atomic E-state index is 0.150. The van der Waals surface area contributed by atoms with Crippen LogP contribution in [-0.2, 0) is 0 Å². The summed E-state index contributed by atoms with van der Waals surface area (Å²) >= 11 is 0. The van der Waals surface area contributed by atoms with Crippen LogP contribution < -0.4 is 5.32 Å². The van der Waals surface area contributed by atoms with E-state index in [1.165, 1.54) is 5.56 Å². The summed E-state index contributed by atoms with van der Waals surface area (Å²) in [5, 5.41) is 19.4. The Morgan fingerprint density at radius 3 is 2.37 bits per heavy atom. The predicted molar refractivity (Wildman–Crippen MR) is 129 cm³/mol. The fourth-order valence-corrected chi connectivity index (χ4v) is 3.69. The summed E-state index contributed by atoms with van der Waals surface area (Å²) in [5.41, 5.74) is 3.95. The molecule has 2 rings (SSSR count). The molecular weight excluding hydrogens is 372 g/mol. The quantitative estimate of drug-likeness (QED) is 0.274. The number of nitrogens with one attached hydrogen (secondary N) is 1. The van der Waals surface area contributed by atoms with Gasteiger partial charge in [0.25, 0.3) is 0 Å². The minimum atomic E-state index is 0.150. The van der Waals surface area contributed by atoms with Crippen LogP contribution in [0, 0.1) is 12.8 Å². The lowest BCUT2D eigenvalue weighted by Gasteiger charge is -2.32. The first-order valence-corrected chi connectivity index (χ1v) is 10.5. The highest BCUT2D eigenvalue weighted by Crippen LogP contribution is 2.34. The van der Waals surface area contributed by atoms with Crippen molar-refractivity contribution in [1.82, 2.24) is 5.01 Å². The van der Waals surface area contributed by atoms with E-state index in [1.54, 1.807) is 24.5 Å². The fourth-order valence-electron chi connectivity index (χ4n) is 3.69. The van der Waals surface area contributed by atoms with Crippen LogP contribution in [0.25, 0.3) is 0 Å². The molecule has 30 heavy (non-hydrogen) atoms. The highest BCUT2D eigenvalue weighted by Gasteiger charge is 2.25. The van der Waals surface area contributed by atoms with Crippen molar-refractivity contribution < 1.29 is 5.11 Å². The smallest absolute Gasteiger partial charge is 0.115 e. The zero-order valence-electron chi connectivity index (χ0n) is 18.8. The van der Waals surface area contributed by atoms with Gasteiger partial charge in [0, 0.05) is 18.1 Å². The van der Waals surface area contributed by atoms with Crippen molar-refractivity contribution in [3.8, 4) is 5.75 Å². The van der Waals surface area contributed by atoms with Gasteiger partial charge < -0.3 is 10.4 Å². The minimum Gasteiger partial charge on any atom is -0.508 e. The first-order chi connectivity index (χ1) is 14.4. The number of amidine groups is 1. The second kappa shape index (κ2) is 11.2. The molecule has 0 amide bonds. The van der Waals surface area contributed by atoms with E-state index in [-0.39, 0.29) is 11.8 Å². The Hall–Kier alpha value is -3.08. The van der Waals surface area contributed by atoms with Crippen LogP contribution in [0.4, 0.5) is 11.4 Å². The van der Waals surface area contributed by atoms with Gasteiger partial charge in [0.15, 0.2) is 0 Å². The van der Waals surface area contributed by atoms with Crippen molar-refractivity contribution in [2.75, 3.05) is 5.32 Å². The molecule has 2 aromatic carbocycles. The number of phenolic OH excluding ortho intramolecular Hbond substituents is 1. The van der Waals surface area contributed by atoms with Gasteiger partial charge in [-0.05, 0) is 68.1 Å². The van der Waals surface area contributed by atoms with Gasteiger partial charge in [-0.25, -0.2) is 4.99 Å². The molecule has 0 fully saturated rings. The van der Waals surface area contributed by atoms with Crippen LogP contribution in [0.1, 0.15) is 57.7 Å². The SMILES string of the molecule is C=CN(/N=C\C)C(c1ccc(NC(C)=Nc2ccc(O)cc2C)cc1)C(CC)CC. The number of anilines is 1. The lowest BCUT2D eigenvalue weighted by Crippen LogP contribution is -2.25. The van der Waals surface area contributed by atoms with Gasteiger partial charge >= 0.3 is 0 Å². The van der Waals surface area contributed by atoms with Crippen molar-refractivity contribution in [3.63, 3.8) is 0 Å². The van der Waals surface area contributed by atoms with Crippen LogP contribution >= 0.6 is 0 Å². The summed E-state index contributed by atoms with van der Waals surface area (Å²) in [6, 6.07) is 13.8. The third-order valence-corrected chi connectivity index (χ3v) is 5.26. The monoisotopic (exact) mass is 406 g/mol. The van der Waals surface area contributed by atoms with Gasteiger partial charge in [-0.15, -0.1) is 0 Å². The van der Waals surface area contributed by atoms with E-state index in [9.17, 15) is 5.11 Å². The number of phenols is 1. The fraction of sp³-hybridized carbons (Fsp3) is 0.360. The highest BCUT2D eigenvalue weighted by atomic mass is 16.3. The van der Waals surface area contributed by atoms with Crippen molar-refractivity contribution in [2.24, 2.45) is 16.0 Å². The molecule has 0 radical (unpaired) electrons. The van der Waals surface area contributed by atoms with Crippen LogP contribution in [0.2, 0.25) is 0 Å². The Labute approximate surface area is 180 Å². The van der Waals surface area contributed by atoms with Gasteiger partial charge in [0.2, 0.25) is 0 Å². The molecule has 0 aromatic heterocycles. The van der Waals surface area contributed by atoms with Gasteiger partial charge in [0.1, 0.15) is 11.6 Å². The molecule has 5 nitrogen and oxygen atoms in total. The van der Waals surface area contributed by atoms with E-state index in [0.29, 0.717) is 5.92 Å². The Morgan fingerprint density at radius 1 is 1.17 bits per heavy atom. The normalized spacial score (nSPS) is 12.9. The van der Waals surface area contributed by atoms with Crippen LogP contribution in [0.15, 0.2) is 65.3 Å². The molecule has 0 spiro atoms. The number of aromatic hydroxyl groups is 1. The number of hydrogen-bond donors (Lipinski definition) is 2. The Morgan fingerprint density at radius 2 is 1.83 bits per heavy atom. The average molecular weight is 407 g/mol. The first kappa shape index (κ1) is 23.2. The molecule has 0 aliphatic rings. The van der Waals surface area contributed by atoms with Crippen molar-refractivity contribution >= 4 is 23.4 Å². The maximum Gasteiger partial charge on any atom is 0.115 e. The maximum atomic E-state index is 9.56. The predicted octanol–water partition coefficient (Wildman–Crippen LogP) is 6.79. The van der Waals surface area contributed by atoms with E-state index < -0.39 is 0 Å². The molecule has 2 N–H and O–H groups in total. The van der Waals surface area contributed by atoms with E-state index in [2.05, 4.69) is 60.1 Å². The van der Waals surface area contributed by atoms with Crippen LogP contribution in [0.3, 0.4) is 0 Å². The van der Waals surface area contributed by atoms with E-state index >= 15 is 0 Å².